The van der Waals surface area contributed by atoms with Crippen molar-refractivity contribution in [2.24, 2.45) is 0 Å². The monoisotopic (exact) mass is 439 g/mol. The van der Waals surface area contributed by atoms with Crippen molar-refractivity contribution < 1.29 is 14.0 Å². The van der Waals surface area contributed by atoms with E-state index in [-0.39, 0.29) is 11.8 Å². The third-order valence-corrected chi connectivity index (χ3v) is 6.36. The molecule has 8 nitrogen and oxygen atoms in total. The molecule has 0 spiro atoms. The molecule has 0 atom stereocenters. The van der Waals surface area contributed by atoms with Gasteiger partial charge in [0.25, 0.3) is 0 Å². The van der Waals surface area contributed by atoms with Crippen LogP contribution in [0.1, 0.15) is 43.6 Å². The summed E-state index contributed by atoms with van der Waals surface area (Å²) in [7, 11) is 0. The van der Waals surface area contributed by atoms with Gasteiger partial charge in [0.05, 0.1) is 6.54 Å². The second-order valence-electron chi connectivity index (χ2n) is 8.82. The Bertz CT molecular complexity index is 895. The zero-order chi connectivity index (χ0) is 22.3. The molecule has 2 aliphatic heterocycles. The van der Waals surface area contributed by atoms with Crippen molar-refractivity contribution in [2.45, 2.75) is 45.4 Å². The molecule has 2 amide bonds. The summed E-state index contributed by atoms with van der Waals surface area (Å²) in [6, 6.07) is 7.91. The van der Waals surface area contributed by atoms with Crippen molar-refractivity contribution in [3.05, 3.63) is 35.7 Å². The van der Waals surface area contributed by atoms with E-state index in [1.165, 1.54) is 18.4 Å². The molecular formula is C24H33N5O3. The summed E-state index contributed by atoms with van der Waals surface area (Å²) < 4.78 is 5.73. The molecule has 4 rings (SSSR count). The minimum absolute atomic E-state index is 0.0959. The first-order chi connectivity index (χ1) is 15.6. The predicted molar refractivity (Wildman–Crippen MR) is 121 cm³/mol. The van der Waals surface area contributed by atoms with E-state index in [1.807, 2.05) is 41.0 Å². The molecule has 0 bridgehead atoms. The average molecular weight is 440 g/mol. The van der Waals surface area contributed by atoms with Gasteiger partial charge in [0.2, 0.25) is 23.6 Å². The first kappa shape index (κ1) is 22.5. The molecule has 172 valence electrons. The van der Waals surface area contributed by atoms with Gasteiger partial charge < -0.3 is 14.2 Å². The van der Waals surface area contributed by atoms with Gasteiger partial charge in [0.15, 0.2) is 0 Å². The summed E-state index contributed by atoms with van der Waals surface area (Å²) in [5.41, 5.74) is 2.05. The molecule has 0 radical (unpaired) electrons. The second-order valence-corrected chi connectivity index (χ2v) is 8.82. The zero-order valence-electron chi connectivity index (χ0n) is 19.0. The molecule has 2 saturated heterocycles. The molecule has 8 heteroatoms. The van der Waals surface area contributed by atoms with Crippen LogP contribution < -0.4 is 0 Å². The number of rotatable bonds is 6. The number of likely N-dealkylation sites (tertiary alicyclic amines) is 1. The number of aryl methyl sites for hydroxylation is 2. The van der Waals surface area contributed by atoms with E-state index in [9.17, 15) is 9.59 Å². The SMILES string of the molecule is Cc1ccc(-c2nnc(CCC(=O)N3CCN(CC(=O)N4CCCCCC4)CC3)o2)cc1. The Morgan fingerprint density at radius 1 is 0.844 bits per heavy atom. The minimum Gasteiger partial charge on any atom is -0.421 e. The number of aromatic nitrogens is 2. The van der Waals surface area contributed by atoms with Crippen LogP contribution in [0.25, 0.3) is 11.5 Å². The molecule has 3 heterocycles. The Morgan fingerprint density at radius 2 is 1.50 bits per heavy atom. The quantitative estimate of drug-likeness (QED) is 0.688. The fourth-order valence-electron chi connectivity index (χ4n) is 4.31. The van der Waals surface area contributed by atoms with Crippen molar-refractivity contribution >= 4 is 11.8 Å². The summed E-state index contributed by atoms with van der Waals surface area (Å²) in [5.74, 6) is 1.29. The van der Waals surface area contributed by atoms with Crippen molar-refractivity contribution in [3.8, 4) is 11.5 Å². The van der Waals surface area contributed by atoms with Gasteiger partial charge in [-0.15, -0.1) is 10.2 Å². The summed E-state index contributed by atoms with van der Waals surface area (Å²) in [6.07, 6.45) is 5.46. The van der Waals surface area contributed by atoms with Crippen molar-refractivity contribution in [1.82, 2.24) is 24.9 Å². The fraction of sp³-hybridized carbons (Fsp3) is 0.583. The standard InChI is InChI=1S/C24H33N5O3/c1-19-6-8-20(9-7-19)24-26-25-21(32-24)10-11-22(30)29-16-14-27(15-17-29)18-23(31)28-12-4-2-3-5-13-28/h6-9H,2-5,10-18H2,1H3. The maximum absolute atomic E-state index is 12.6. The maximum atomic E-state index is 12.6. The topological polar surface area (TPSA) is 82.8 Å². The van der Waals surface area contributed by atoms with E-state index < -0.39 is 0 Å². The Kier molecular flexibility index (Phi) is 7.52. The normalized spacial score (nSPS) is 17.9. The summed E-state index contributed by atoms with van der Waals surface area (Å²) >= 11 is 0. The molecule has 0 unspecified atom stereocenters. The van der Waals surface area contributed by atoms with E-state index >= 15 is 0 Å². The van der Waals surface area contributed by atoms with Crippen LogP contribution >= 0.6 is 0 Å². The van der Waals surface area contributed by atoms with Gasteiger partial charge in [-0.05, 0) is 31.9 Å². The Morgan fingerprint density at radius 3 is 2.19 bits per heavy atom. The summed E-state index contributed by atoms with van der Waals surface area (Å²) in [4.78, 5) is 31.3. The van der Waals surface area contributed by atoms with Crippen LogP contribution in [0.3, 0.4) is 0 Å². The number of carbonyl (C=O) groups excluding carboxylic acids is 2. The number of amides is 2. The highest BCUT2D eigenvalue weighted by Crippen LogP contribution is 2.19. The van der Waals surface area contributed by atoms with E-state index in [1.54, 1.807) is 0 Å². The third kappa shape index (κ3) is 5.94. The largest absolute Gasteiger partial charge is 0.421 e. The molecule has 0 aliphatic carbocycles. The van der Waals surface area contributed by atoms with Gasteiger partial charge >= 0.3 is 0 Å². The van der Waals surface area contributed by atoms with Gasteiger partial charge in [-0.2, -0.15) is 0 Å². The molecule has 2 aromatic rings. The number of carbonyl (C=O) groups is 2. The zero-order valence-corrected chi connectivity index (χ0v) is 19.0. The Hall–Kier alpha value is -2.74. The van der Waals surface area contributed by atoms with Crippen LogP contribution in [-0.4, -0.2) is 82.5 Å². The first-order valence-corrected chi connectivity index (χ1v) is 11.8. The van der Waals surface area contributed by atoms with E-state index in [2.05, 4.69) is 15.1 Å². The van der Waals surface area contributed by atoms with Gasteiger partial charge in [-0.1, -0.05) is 30.5 Å². The molecular weight excluding hydrogens is 406 g/mol. The highest BCUT2D eigenvalue weighted by molar-refractivity contribution is 5.78. The van der Waals surface area contributed by atoms with Gasteiger partial charge in [0, 0.05) is 57.7 Å². The number of hydrogen-bond donors (Lipinski definition) is 0. The molecule has 0 saturated carbocycles. The lowest BCUT2D eigenvalue weighted by atomic mass is 10.1. The molecule has 0 N–H and O–H groups in total. The van der Waals surface area contributed by atoms with Crippen LogP contribution in [0.4, 0.5) is 0 Å². The van der Waals surface area contributed by atoms with Crippen LogP contribution in [0.5, 0.6) is 0 Å². The molecule has 2 aliphatic rings. The molecule has 32 heavy (non-hydrogen) atoms. The Balaban J connectivity index is 1.19. The van der Waals surface area contributed by atoms with E-state index in [0.29, 0.717) is 44.3 Å². The highest BCUT2D eigenvalue weighted by Gasteiger charge is 2.24. The van der Waals surface area contributed by atoms with Crippen molar-refractivity contribution in [1.29, 1.82) is 0 Å². The summed E-state index contributed by atoms with van der Waals surface area (Å²) in [6.45, 7) is 7.06. The van der Waals surface area contributed by atoms with Gasteiger partial charge in [-0.25, -0.2) is 0 Å². The third-order valence-electron chi connectivity index (χ3n) is 6.36. The average Bonchev–Trinajstić information content (AvgIpc) is 3.11. The van der Waals surface area contributed by atoms with Crippen LogP contribution in [0.2, 0.25) is 0 Å². The van der Waals surface area contributed by atoms with Crippen LogP contribution in [0.15, 0.2) is 28.7 Å². The smallest absolute Gasteiger partial charge is 0.247 e. The van der Waals surface area contributed by atoms with E-state index in [4.69, 9.17) is 4.42 Å². The van der Waals surface area contributed by atoms with E-state index in [0.717, 1.165) is 44.6 Å². The minimum atomic E-state index is 0.0959. The number of piperazine rings is 1. The first-order valence-electron chi connectivity index (χ1n) is 11.8. The number of nitrogens with zero attached hydrogens (tertiary/aromatic N) is 5. The van der Waals surface area contributed by atoms with Gasteiger partial charge in [0.1, 0.15) is 0 Å². The lowest BCUT2D eigenvalue weighted by molar-refractivity contribution is -0.135. The molecule has 1 aromatic heterocycles. The lowest BCUT2D eigenvalue weighted by Gasteiger charge is -2.35. The second kappa shape index (κ2) is 10.7. The molecule has 2 fully saturated rings. The van der Waals surface area contributed by atoms with Gasteiger partial charge in [-0.3, -0.25) is 14.5 Å². The highest BCUT2D eigenvalue weighted by atomic mass is 16.4. The fourth-order valence-corrected chi connectivity index (χ4v) is 4.31. The van der Waals surface area contributed by atoms with Crippen molar-refractivity contribution in [3.63, 3.8) is 0 Å². The summed E-state index contributed by atoms with van der Waals surface area (Å²) in [5, 5.41) is 8.19. The van der Waals surface area contributed by atoms with Crippen LogP contribution in [-0.2, 0) is 16.0 Å². The molecule has 1 aromatic carbocycles. The predicted octanol–water partition coefficient (Wildman–Crippen LogP) is 2.52. The lowest BCUT2D eigenvalue weighted by Crippen LogP contribution is -2.51. The maximum Gasteiger partial charge on any atom is 0.247 e. The number of benzene rings is 1. The number of hydrogen-bond acceptors (Lipinski definition) is 6. The Labute approximate surface area is 189 Å². The van der Waals surface area contributed by atoms with Crippen molar-refractivity contribution in [2.75, 3.05) is 45.8 Å². The van der Waals surface area contributed by atoms with Crippen LogP contribution in [0, 0.1) is 6.92 Å².